The molecule has 2 heteroatoms. The van der Waals surface area contributed by atoms with Crippen LogP contribution in [0, 0.1) is 0 Å². The van der Waals surface area contributed by atoms with Crippen LogP contribution in [0.4, 0.5) is 0 Å². The third kappa shape index (κ3) is 3.18. The van der Waals surface area contributed by atoms with Crippen LogP contribution in [0.15, 0.2) is 53.0 Å². The predicted octanol–water partition coefficient (Wildman–Crippen LogP) is 4.01. The standard InChI is InChI=1S/C15H16BrN/c16-14-9-7-13(8-10-14)15-6-2-1-4-12(15)5-3-11-17/h1-2,4,6-10H,3,5,11,17H2. The van der Waals surface area contributed by atoms with Gasteiger partial charge in [0.25, 0.3) is 0 Å². The first kappa shape index (κ1) is 12.3. The Morgan fingerprint density at radius 2 is 1.65 bits per heavy atom. The molecule has 0 amide bonds. The lowest BCUT2D eigenvalue weighted by Gasteiger charge is -2.09. The van der Waals surface area contributed by atoms with Gasteiger partial charge in [-0.25, -0.2) is 0 Å². The molecule has 0 saturated heterocycles. The molecule has 0 fully saturated rings. The highest BCUT2D eigenvalue weighted by atomic mass is 79.9. The number of hydrogen-bond acceptors (Lipinski definition) is 1. The van der Waals surface area contributed by atoms with E-state index >= 15 is 0 Å². The number of halogens is 1. The zero-order valence-corrected chi connectivity index (χ0v) is 11.3. The van der Waals surface area contributed by atoms with Crippen molar-refractivity contribution in [2.24, 2.45) is 5.73 Å². The molecule has 0 aromatic heterocycles. The van der Waals surface area contributed by atoms with Crippen LogP contribution in [0.2, 0.25) is 0 Å². The van der Waals surface area contributed by atoms with Crippen molar-refractivity contribution in [3.05, 3.63) is 58.6 Å². The highest BCUT2D eigenvalue weighted by Gasteiger charge is 2.03. The van der Waals surface area contributed by atoms with Gasteiger partial charge in [-0.2, -0.15) is 0 Å². The van der Waals surface area contributed by atoms with Crippen molar-refractivity contribution in [2.45, 2.75) is 12.8 Å². The van der Waals surface area contributed by atoms with Crippen molar-refractivity contribution in [2.75, 3.05) is 6.54 Å². The van der Waals surface area contributed by atoms with E-state index in [9.17, 15) is 0 Å². The van der Waals surface area contributed by atoms with Crippen LogP contribution in [0.3, 0.4) is 0 Å². The summed E-state index contributed by atoms with van der Waals surface area (Å²) in [6.45, 7) is 0.745. The van der Waals surface area contributed by atoms with E-state index in [1.807, 2.05) is 0 Å². The van der Waals surface area contributed by atoms with E-state index in [2.05, 4.69) is 64.5 Å². The molecule has 1 nitrogen and oxygen atoms in total. The second-order valence-electron chi connectivity index (χ2n) is 4.06. The summed E-state index contributed by atoms with van der Waals surface area (Å²) in [5.41, 5.74) is 9.53. The fraction of sp³-hybridized carbons (Fsp3) is 0.200. The van der Waals surface area contributed by atoms with Crippen LogP contribution in [0.5, 0.6) is 0 Å². The summed E-state index contributed by atoms with van der Waals surface area (Å²) in [5, 5.41) is 0. The first-order valence-corrected chi connectivity index (χ1v) is 6.64. The third-order valence-electron chi connectivity index (χ3n) is 2.82. The van der Waals surface area contributed by atoms with E-state index in [0.717, 1.165) is 23.9 Å². The smallest absolute Gasteiger partial charge is 0.0175 e. The van der Waals surface area contributed by atoms with Crippen LogP contribution in [-0.4, -0.2) is 6.54 Å². The highest BCUT2D eigenvalue weighted by molar-refractivity contribution is 9.10. The van der Waals surface area contributed by atoms with Gasteiger partial charge in [0.15, 0.2) is 0 Å². The second-order valence-corrected chi connectivity index (χ2v) is 4.97. The number of aryl methyl sites for hydroxylation is 1. The van der Waals surface area contributed by atoms with E-state index in [0.29, 0.717) is 0 Å². The summed E-state index contributed by atoms with van der Waals surface area (Å²) < 4.78 is 1.11. The molecule has 0 aliphatic carbocycles. The van der Waals surface area contributed by atoms with Gasteiger partial charge in [-0.15, -0.1) is 0 Å². The Labute approximate surface area is 111 Å². The molecule has 88 valence electrons. The Balaban J connectivity index is 2.33. The van der Waals surface area contributed by atoms with Crippen LogP contribution in [0.1, 0.15) is 12.0 Å². The fourth-order valence-corrected chi connectivity index (χ4v) is 2.21. The largest absolute Gasteiger partial charge is 0.330 e. The summed E-state index contributed by atoms with van der Waals surface area (Å²) in [7, 11) is 0. The normalized spacial score (nSPS) is 10.5. The van der Waals surface area contributed by atoms with Gasteiger partial charge in [0, 0.05) is 4.47 Å². The monoisotopic (exact) mass is 289 g/mol. The van der Waals surface area contributed by atoms with E-state index in [1.165, 1.54) is 16.7 Å². The highest BCUT2D eigenvalue weighted by Crippen LogP contribution is 2.25. The number of nitrogens with two attached hydrogens (primary N) is 1. The van der Waals surface area contributed by atoms with Crippen LogP contribution in [-0.2, 0) is 6.42 Å². The molecule has 0 unspecified atom stereocenters. The molecule has 0 radical (unpaired) electrons. The fourth-order valence-electron chi connectivity index (χ4n) is 1.94. The van der Waals surface area contributed by atoms with Crippen molar-refractivity contribution >= 4 is 15.9 Å². The first-order valence-electron chi connectivity index (χ1n) is 5.85. The van der Waals surface area contributed by atoms with E-state index < -0.39 is 0 Å². The van der Waals surface area contributed by atoms with Gasteiger partial charge in [0.2, 0.25) is 0 Å². The Hall–Kier alpha value is -1.12. The third-order valence-corrected chi connectivity index (χ3v) is 3.35. The maximum atomic E-state index is 5.58. The van der Waals surface area contributed by atoms with Gasteiger partial charge >= 0.3 is 0 Å². The van der Waals surface area contributed by atoms with Crippen molar-refractivity contribution in [3.63, 3.8) is 0 Å². The number of benzene rings is 2. The van der Waals surface area contributed by atoms with Gasteiger partial charge in [0.05, 0.1) is 0 Å². The van der Waals surface area contributed by atoms with Gasteiger partial charge in [0.1, 0.15) is 0 Å². The molecule has 0 bridgehead atoms. The minimum absolute atomic E-state index is 0.745. The van der Waals surface area contributed by atoms with E-state index in [4.69, 9.17) is 5.73 Å². The minimum atomic E-state index is 0.745. The van der Waals surface area contributed by atoms with Crippen LogP contribution >= 0.6 is 15.9 Å². The first-order chi connectivity index (χ1) is 8.31. The maximum absolute atomic E-state index is 5.58. The molecule has 2 aromatic carbocycles. The molecule has 0 aliphatic rings. The van der Waals surface area contributed by atoms with Gasteiger partial charge in [-0.1, -0.05) is 52.3 Å². The van der Waals surface area contributed by atoms with Crippen molar-refractivity contribution in [3.8, 4) is 11.1 Å². The average molecular weight is 290 g/mol. The summed E-state index contributed by atoms with van der Waals surface area (Å²) in [4.78, 5) is 0. The Morgan fingerprint density at radius 1 is 0.941 bits per heavy atom. The van der Waals surface area contributed by atoms with Gasteiger partial charge < -0.3 is 5.73 Å². The molecular formula is C15H16BrN. The number of rotatable bonds is 4. The Kier molecular flexibility index (Phi) is 4.35. The summed E-state index contributed by atoms with van der Waals surface area (Å²) in [6.07, 6.45) is 2.08. The lowest BCUT2D eigenvalue weighted by Crippen LogP contribution is -2.01. The molecule has 2 rings (SSSR count). The van der Waals surface area contributed by atoms with Crippen LogP contribution < -0.4 is 5.73 Å². The molecule has 2 aromatic rings. The second kappa shape index (κ2) is 5.99. The molecule has 0 aliphatic heterocycles. The quantitative estimate of drug-likeness (QED) is 0.904. The number of hydrogen-bond donors (Lipinski definition) is 1. The summed E-state index contributed by atoms with van der Waals surface area (Å²) in [5.74, 6) is 0. The molecular weight excluding hydrogens is 274 g/mol. The van der Waals surface area contributed by atoms with Crippen molar-refractivity contribution in [1.29, 1.82) is 0 Å². The maximum Gasteiger partial charge on any atom is 0.0175 e. The molecule has 17 heavy (non-hydrogen) atoms. The topological polar surface area (TPSA) is 26.0 Å². The molecule has 0 atom stereocenters. The zero-order valence-electron chi connectivity index (χ0n) is 9.70. The van der Waals surface area contributed by atoms with E-state index in [1.54, 1.807) is 0 Å². The predicted molar refractivity (Wildman–Crippen MR) is 77.0 cm³/mol. The van der Waals surface area contributed by atoms with E-state index in [-0.39, 0.29) is 0 Å². The van der Waals surface area contributed by atoms with Gasteiger partial charge in [-0.05, 0) is 48.2 Å². The van der Waals surface area contributed by atoms with Crippen molar-refractivity contribution < 1.29 is 0 Å². The molecule has 0 heterocycles. The Bertz CT molecular complexity index is 477. The lowest BCUT2D eigenvalue weighted by molar-refractivity contribution is 0.834. The molecule has 0 saturated carbocycles. The zero-order chi connectivity index (χ0) is 12.1. The summed E-state index contributed by atoms with van der Waals surface area (Å²) in [6, 6.07) is 17.0. The molecule has 2 N–H and O–H groups in total. The Morgan fingerprint density at radius 3 is 2.35 bits per heavy atom. The minimum Gasteiger partial charge on any atom is -0.330 e. The van der Waals surface area contributed by atoms with Crippen LogP contribution in [0.25, 0.3) is 11.1 Å². The summed E-state index contributed by atoms with van der Waals surface area (Å²) >= 11 is 3.46. The average Bonchev–Trinajstić information content (AvgIpc) is 2.38. The molecule has 0 spiro atoms. The lowest BCUT2D eigenvalue weighted by atomic mass is 9.97. The van der Waals surface area contributed by atoms with Crippen molar-refractivity contribution in [1.82, 2.24) is 0 Å². The van der Waals surface area contributed by atoms with Gasteiger partial charge in [-0.3, -0.25) is 0 Å². The SMILES string of the molecule is NCCCc1ccccc1-c1ccc(Br)cc1.